The van der Waals surface area contributed by atoms with Crippen LogP contribution in [-0.2, 0) is 19.1 Å². The molecule has 3 aliphatic heterocycles. The Hall–Kier alpha value is -0.540. The first-order valence-corrected chi connectivity index (χ1v) is 8.67. The number of carbonyl (C=O) groups is 2. The van der Waals surface area contributed by atoms with E-state index < -0.39 is 18.3 Å². The molecule has 3 aliphatic rings. The molecule has 0 aliphatic carbocycles. The highest BCUT2D eigenvalue weighted by molar-refractivity contribution is 9.09. The topological polar surface area (TPSA) is 103 Å². The van der Waals surface area contributed by atoms with E-state index in [0.29, 0.717) is 26.0 Å². The average molecular weight is 376 g/mol. The number of hydrogen-bond acceptors (Lipinski definition) is 7. The lowest BCUT2D eigenvalue weighted by Gasteiger charge is -2.48. The summed E-state index contributed by atoms with van der Waals surface area (Å²) >= 11 is 3.50. The maximum Gasteiger partial charge on any atom is 0.311 e. The molecule has 7 atom stereocenters. The van der Waals surface area contributed by atoms with Crippen LogP contribution in [0.15, 0.2) is 0 Å². The number of ketones is 1. The predicted molar refractivity (Wildman–Crippen MR) is 81.8 cm³/mol. The number of rotatable bonds is 2. The van der Waals surface area contributed by atoms with Gasteiger partial charge >= 0.3 is 5.97 Å². The zero-order chi connectivity index (χ0) is 15.9. The maximum absolute atomic E-state index is 12.8. The van der Waals surface area contributed by atoms with Crippen LogP contribution in [0, 0.1) is 17.8 Å². The molecule has 3 saturated heterocycles. The molecule has 8 heteroatoms. The fourth-order valence-electron chi connectivity index (χ4n) is 3.61. The van der Waals surface area contributed by atoms with Crippen LogP contribution in [-0.4, -0.2) is 48.4 Å². The maximum atomic E-state index is 12.8. The van der Waals surface area contributed by atoms with Gasteiger partial charge in [-0.2, -0.15) is 0 Å². The minimum atomic E-state index is -0.551. The number of alkyl halides is 1. The minimum Gasteiger partial charge on any atom is -0.466 e. The molecule has 3 rings (SSSR count). The number of fused-ring (bicyclic) bond motifs is 2. The van der Waals surface area contributed by atoms with E-state index in [0.717, 1.165) is 0 Å². The van der Waals surface area contributed by atoms with E-state index in [4.69, 9.17) is 15.2 Å². The number of Topliss-reactive ketones (excluding diaryl/α,β-unsaturated/α-hetero) is 1. The third-order valence-electron chi connectivity index (χ3n) is 4.76. The fourth-order valence-corrected chi connectivity index (χ4v) is 4.20. The predicted octanol–water partition coefficient (Wildman–Crippen LogP) is -0.315. The molecular formula is C14H22BrN3O4. The summed E-state index contributed by atoms with van der Waals surface area (Å²) in [4.78, 5) is 24.9. The summed E-state index contributed by atoms with van der Waals surface area (Å²) in [5, 5.41) is 6.34. The normalized spacial score (nSPS) is 44.9. The number of carbonyl (C=O) groups excluding carboxylic acids is 2. The van der Waals surface area contributed by atoms with Crippen molar-refractivity contribution in [3.05, 3.63) is 0 Å². The van der Waals surface area contributed by atoms with Crippen molar-refractivity contribution in [2.75, 3.05) is 13.2 Å². The lowest BCUT2D eigenvalue weighted by Crippen LogP contribution is -2.67. The molecule has 7 nitrogen and oxygen atoms in total. The van der Waals surface area contributed by atoms with Gasteiger partial charge in [0.25, 0.3) is 0 Å². The Kier molecular flexibility index (Phi) is 4.84. The van der Waals surface area contributed by atoms with Gasteiger partial charge in [-0.3, -0.25) is 14.9 Å². The van der Waals surface area contributed by atoms with E-state index in [2.05, 4.69) is 26.6 Å². The molecule has 0 aromatic carbocycles. The Morgan fingerprint density at radius 1 is 1.45 bits per heavy atom. The lowest BCUT2D eigenvalue weighted by molar-refractivity contribution is -0.180. The van der Waals surface area contributed by atoms with E-state index in [1.54, 1.807) is 6.92 Å². The van der Waals surface area contributed by atoms with Gasteiger partial charge < -0.3 is 20.5 Å². The Morgan fingerprint density at radius 3 is 2.95 bits per heavy atom. The molecule has 0 spiro atoms. The van der Waals surface area contributed by atoms with E-state index in [-0.39, 0.29) is 34.6 Å². The summed E-state index contributed by atoms with van der Waals surface area (Å²) in [6.07, 6.45) is -0.0159. The largest absolute Gasteiger partial charge is 0.466 e. The first kappa shape index (κ1) is 16.3. The molecule has 22 heavy (non-hydrogen) atoms. The van der Waals surface area contributed by atoms with Crippen molar-refractivity contribution in [3.8, 4) is 0 Å². The molecule has 0 amide bonds. The Labute approximate surface area is 137 Å². The van der Waals surface area contributed by atoms with E-state index in [1.807, 2.05) is 0 Å². The second-order valence-corrected chi connectivity index (χ2v) is 7.21. The van der Waals surface area contributed by atoms with Gasteiger partial charge in [-0.25, -0.2) is 0 Å². The highest BCUT2D eigenvalue weighted by Crippen LogP contribution is 2.37. The number of nitrogens with two attached hydrogens (primary N) is 1. The monoisotopic (exact) mass is 375 g/mol. The summed E-state index contributed by atoms with van der Waals surface area (Å²) in [5.74, 6) is -1.16. The fraction of sp³-hybridized carbons (Fsp3) is 0.857. The van der Waals surface area contributed by atoms with E-state index >= 15 is 0 Å². The third-order valence-corrected chi connectivity index (χ3v) is 5.45. The number of esters is 1. The third kappa shape index (κ3) is 2.94. The van der Waals surface area contributed by atoms with Crippen LogP contribution in [0.3, 0.4) is 0 Å². The number of halogens is 1. The Bertz CT molecular complexity index is 463. The van der Waals surface area contributed by atoms with Gasteiger partial charge in [-0.15, -0.1) is 0 Å². The molecule has 4 N–H and O–H groups in total. The molecule has 0 radical (unpaired) electrons. The highest BCUT2D eigenvalue weighted by atomic mass is 79.9. The minimum absolute atomic E-state index is 0.123. The summed E-state index contributed by atoms with van der Waals surface area (Å²) < 4.78 is 11.1. The molecule has 0 bridgehead atoms. The van der Waals surface area contributed by atoms with Crippen molar-refractivity contribution < 1.29 is 19.1 Å². The van der Waals surface area contributed by atoms with Crippen molar-refractivity contribution in [2.45, 2.75) is 43.2 Å². The van der Waals surface area contributed by atoms with Gasteiger partial charge in [0.1, 0.15) is 12.0 Å². The van der Waals surface area contributed by atoms with Crippen LogP contribution in [0.25, 0.3) is 0 Å². The van der Waals surface area contributed by atoms with Gasteiger partial charge in [0, 0.05) is 12.5 Å². The molecule has 0 aromatic rings. The average Bonchev–Trinajstić information content (AvgIpc) is 2.48. The smallest absolute Gasteiger partial charge is 0.311 e. The SMILES string of the molecule is CCOC(=O)C1CC2C(=O)C3CC(Br)NCC3OC2NC1N. The number of piperidine rings is 2. The molecule has 0 saturated carbocycles. The summed E-state index contributed by atoms with van der Waals surface area (Å²) in [6, 6.07) is 0. The molecule has 124 valence electrons. The van der Waals surface area contributed by atoms with Gasteiger partial charge in [0.15, 0.2) is 0 Å². The second-order valence-electron chi connectivity index (χ2n) is 6.11. The van der Waals surface area contributed by atoms with Gasteiger partial charge in [0.05, 0.1) is 35.7 Å². The molecule has 0 aromatic heterocycles. The van der Waals surface area contributed by atoms with Crippen LogP contribution in [0.4, 0.5) is 0 Å². The van der Waals surface area contributed by atoms with Crippen molar-refractivity contribution in [1.82, 2.24) is 10.6 Å². The van der Waals surface area contributed by atoms with Crippen molar-refractivity contribution >= 4 is 27.7 Å². The van der Waals surface area contributed by atoms with E-state index in [1.165, 1.54) is 0 Å². The van der Waals surface area contributed by atoms with Crippen molar-refractivity contribution in [2.24, 2.45) is 23.5 Å². The lowest BCUT2D eigenvalue weighted by atomic mass is 9.75. The Balaban J connectivity index is 1.74. The van der Waals surface area contributed by atoms with Crippen LogP contribution in [0.2, 0.25) is 0 Å². The molecular weight excluding hydrogens is 354 g/mol. The second kappa shape index (κ2) is 6.52. The molecule has 3 fully saturated rings. The molecule has 7 unspecified atom stereocenters. The van der Waals surface area contributed by atoms with E-state index in [9.17, 15) is 9.59 Å². The summed E-state index contributed by atoms with van der Waals surface area (Å²) in [6.45, 7) is 2.70. The first-order chi connectivity index (χ1) is 10.5. The van der Waals surface area contributed by atoms with Crippen LogP contribution in [0.5, 0.6) is 0 Å². The Morgan fingerprint density at radius 2 is 2.23 bits per heavy atom. The highest BCUT2D eigenvalue weighted by Gasteiger charge is 2.51. The van der Waals surface area contributed by atoms with Gasteiger partial charge in [0.2, 0.25) is 0 Å². The standard InChI is InChI=1S/C14H22BrN3O4/c1-2-21-14(20)8-3-7-11(19)6-4-10(15)17-5-9(6)22-13(7)18-12(8)16/h6-10,12-13,17-18H,2-5,16H2,1H3. The first-order valence-electron chi connectivity index (χ1n) is 7.76. The van der Waals surface area contributed by atoms with Crippen molar-refractivity contribution in [1.29, 1.82) is 0 Å². The van der Waals surface area contributed by atoms with Crippen LogP contribution < -0.4 is 16.4 Å². The zero-order valence-corrected chi connectivity index (χ0v) is 14.0. The van der Waals surface area contributed by atoms with Crippen molar-refractivity contribution in [3.63, 3.8) is 0 Å². The zero-order valence-electron chi connectivity index (χ0n) is 12.5. The number of ether oxygens (including phenoxy) is 2. The summed E-state index contributed by atoms with van der Waals surface area (Å²) in [5.41, 5.74) is 6.03. The quantitative estimate of drug-likeness (QED) is 0.345. The number of hydrogen-bond donors (Lipinski definition) is 3. The van der Waals surface area contributed by atoms with Crippen LogP contribution >= 0.6 is 15.9 Å². The van der Waals surface area contributed by atoms with Gasteiger partial charge in [-0.1, -0.05) is 15.9 Å². The number of nitrogens with one attached hydrogen (secondary N) is 2. The summed E-state index contributed by atoms with van der Waals surface area (Å²) in [7, 11) is 0. The van der Waals surface area contributed by atoms with Gasteiger partial charge in [-0.05, 0) is 19.8 Å². The van der Waals surface area contributed by atoms with Crippen LogP contribution in [0.1, 0.15) is 19.8 Å². The molecule has 3 heterocycles.